The van der Waals surface area contributed by atoms with Crippen LogP contribution in [0, 0.1) is 0 Å². The van der Waals surface area contributed by atoms with Gasteiger partial charge in [0.25, 0.3) is 0 Å². The number of carbonyl (C=O) groups excluding carboxylic acids is 1. The number of unbranched alkanes of at least 4 members (excludes halogenated alkanes) is 7. The van der Waals surface area contributed by atoms with Crippen LogP contribution in [-0.4, -0.2) is 97.5 Å². The summed E-state index contributed by atoms with van der Waals surface area (Å²) in [6.07, 6.45) is 52.5. The molecule has 0 bridgehead atoms. The van der Waals surface area contributed by atoms with Gasteiger partial charge in [-0.1, -0.05) is 167 Å². The van der Waals surface area contributed by atoms with Crippen molar-refractivity contribution in [2.24, 2.45) is 0 Å². The highest BCUT2D eigenvalue weighted by Crippen LogP contribution is 2.26. The lowest BCUT2D eigenvalue weighted by atomic mass is 9.99. The van der Waals surface area contributed by atoms with Crippen molar-refractivity contribution in [2.45, 2.75) is 179 Å². The largest absolute Gasteiger partial charge is 0.457 e. The van der Waals surface area contributed by atoms with E-state index in [0.717, 1.165) is 103 Å². The number of rotatable bonds is 40. The predicted molar refractivity (Wildman–Crippen MR) is 266 cm³/mol. The van der Waals surface area contributed by atoms with Crippen LogP contribution in [0.5, 0.6) is 0 Å². The van der Waals surface area contributed by atoms with E-state index in [1.54, 1.807) is 0 Å². The highest BCUT2D eigenvalue weighted by atomic mass is 32.3. The standard InChI is InChI=1S/C53H84O12S/c1-3-5-7-9-11-13-15-17-19-21-22-23-24-25-26-27-28-30-32-34-36-38-40-42-49(55)63-47(46-62-53-51(57)52(65-66(58,59)60)50(56)48(44-54)64-53)45-61-43-41-39-37-35-33-31-29-20-18-16-14-12-10-8-6-4-2/h5-8,11-14,17-20,22-23,25-26,31,33,37,39,47-48,50-54,56-57H,3-4,9-10,15-16,21,24,27-30,32,34-36,38,40-46H2,1-2H3,(H,58,59,60)/b7-5-,8-6-,13-11-,14-12-,19-17-,20-18-,23-22-,26-25-,33-31-,39-37-. The molecule has 1 aliphatic rings. The molecule has 1 heterocycles. The van der Waals surface area contributed by atoms with Crippen LogP contribution in [0.15, 0.2) is 122 Å². The molecule has 0 aromatic carbocycles. The molecule has 1 fully saturated rings. The second-order valence-electron chi connectivity index (χ2n) is 15.9. The Balaban J connectivity index is 2.44. The molecule has 4 N–H and O–H groups in total. The first-order valence-electron chi connectivity index (χ1n) is 24.3. The highest BCUT2D eigenvalue weighted by Gasteiger charge is 2.48. The molecule has 0 spiro atoms. The van der Waals surface area contributed by atoms with Crippen molar-refractivity contribution in [3.8, 4) is 0 Å². The topological polar surface area (TPSA) is 178 Å². The van der Waals surface area contributed by atoms with E-state index >= 15 is 0 Å². The van der Waals surface area contributed by atoms with Crippen LogP contribution in [-0.2, 0) is 38.3 Å². The molecule has 1 aliphatic heterocycles. The first-order chi connectivity index (χ1) is 32.1. The van der Waals surface area contributed by atoms with Gasteiger partial charge in [0.1, 0.15) is 30.5 Å². The van der Waals surface area contributed by atoms with Crippen LogP contribution in [0.4, 0.5) is 0 Å². The summed E-state index contributed by atoms with van der Waals surface area (Å²) < 4.78 is 59.0. The molecule has 0 aromatic rings. The zero-order chi connectivity index (χ0) is 48.2. The molecule has 0 saturated carbocycles. The minimum atomic E-state index is -5.08. The molecular weight excluding hydrogens is 861 g/mol. The van der Waals surface area contributed by atoms with Gasteiger partial charge in [0.05, 0.1) is 26.4 Å². The lowest BCUT2D eigenvalue weighted by Crippen LogP contribution is -2.60. The molecule has 0 radical (unpaired) electrons. The average molecular weight is 945 g/mol. The zero-order valence-electron chi connectivity index (χ0n) is 39.9. The van der Waals surface area contributed by atoms with Crippen LogP contribution in [0.1, 0.15) is 142 Å². The maximum absolute atomic E-state index is 12.9. The Morgan fingerprint density at radius 2 is 1.00 bits per heavy atom. The molecule has 12 nitrogen and oxygen atoms in total. The monoisotopic (exact) mass is 945 g/mol. The number of hydrogen-bond donors (Lipinski definition) is 4. The fourth-order valence-electron chi connectivity index (χ4n) is 6.53. The summed E-state index contributed by atoms with van der Waals surface area (Å²) in [7, 11) is -5.08. The van der Waals surface area contributed by atoms with Crippen molar-refractivity contribution < 1.29 is 56.2 Å². The Kier molecular flexibility index (Phi) is 39.3. The maximum atomic E-state index is 12.9. The first kappa shape index (κ1) is 60.5. The lowest BCUT2D eigenvalue weighted by Gasteiger charge is -2.41. The van der Waals surface area contributed by atoms with E-state index in [-0.39, 0.29) is 19.6 Å². The first-order valence-corrected chi connectivity index (χ1v) is 25.7. The minimum Gasteiger partial charge on any atom is -0.457 e. The molecule has 6 atom stereocenters. The molecule has 374 valence electrons. The fraction of sp³-hybridized carbons (Fsp3) is 0.604. The SMILES string of the molecule is CC/C=C\C/C=C\C/C=C\C/C=C\C/C=C\CCCCCCCCCC(=O)OC(COCC/C=C\C/C=C\C/C=C\C/C=C\C/C=C\CC)COC1OC(CO)C(O)C(OS(=O)(=O)O)C1O. The summed E-state index contributed by atoms with van der Waals surface area (Å²) in [5, 5.41) is 30.7. The van der Waals surface area contributed by atoms with Gasteiger partial charge in [-0.05, 0) is 89.9 Å². The quantitative estimate of drug-likeness (QED) is 0.0198. The van der Waals surface area contributed by atoms with Crippen LogP contribution >= 0.6 is 0 Å². The number of esters is 1. The van der Waals surface area contributed by atoms with E-state index in [9.17, 15) is 33.1 Å². The van der Waals surface area contributed by atoms with E-state index in [1.165, 1.54) is 6.42 Å². The van der Waals surface area contributed by atoms with Gasteiger partial charge in [-0.3, -0.25) is 9.35 Å². The number of aliphatic hydroxyl groups is 3. The minimum absolute atomic E-state index is 0.0319. The molecular formula is C53H84O12S. The van der Waals surface area contributed by atoms with Crippen molar-refractivity contribution >= 4 is 16.4 Å². The number of hydrogen-bond acceptors (Lipinski definition) is 11. The van der Waals surface area contributed by atoms with Crippen LogP contribution in [0.25, 0.3) is 0 Å². The third-order valence-corrected chi connectivity index (χ3v) is 10.6. The summed E-state index contributed by atoms with van der Waals surface area (Å²) >= 11 is 0. The molecule has 6 unspecified atom stereocenters. The van der Waals surface area contributed by atoms with Gasteiger partial charge in [0, 0.05) is 6.42 Å². The van der Waals surface area contributed by atoms with E-state index in [1.807, 2.05) is 12.2 Å². The van der Waals surface area contributed by atoms with Crippen molar-refractivity contribution in [1.82, 2.24) is 0 Å². The second kappa shape index (κ2) is 42.8. The van der Waals surface area contributed by atoms with E-state index in [2.05, 4.69) is 127 Å². The van der Waals surface area contributed by atoms with Gasteiger partial charge in [0.2, 0.25) is 0 Å². The van der Waals surface area contributed by atoms with E-state index < -0.39 is 59.8 Å². The van der Waals surface area contributed by atoms with E-state index in [4.69, 9.17) is 18.9 Å². The second-order valence-corrected chi connectivity index (χ2v) is 17.0. The Morgan fingerprint density at radius 1 is 0.576 bits per heavy atom. The number of carbonyl (C=O) groups is 1. The normalized spacial score (nSPS) is 20.6. The third-order valence-electron chi connectivity index (χ3n) is 10.1. The van der Waals surface area contributed by atoms with Gasteiger partial charge in [-0.2, -0.15) is 8.42 Å². The fourth-order valence-corrected chi connectivity index (χ4v) is 7.04. The highest BCUT2D eigenvalue weighted by molar-refractivity contribution is 7.80. The van der Waals surface area contributed by atoms with Crippen LogP contribution in [0.3, 0.4) is 0 Å². The van der Waals surface area contributed by atoms with E-state index in [0.29, 0.717) is 19.4 Å². The summed E-state index contributed by atoms with van der Waals surface area (Å²) in [5.74, 6) is -0.441. The Bertz CT molecular complexity index is 1610. The van der Waals surface area contributed by atoms with Crippen molar-refractivity contribution in [3.05, 3.63) is 122 Å². The number of aliphatic hydroxyl groups excluding tert-OH is 3. The molecule has 0 amide bonds. The van der Waals surface area contributed by atoms with Gasteiger partial charge in [0.15, 0.2) is 6.29 Å². The summed E-state index contributed by atoms with van der Waals surface area (Å²) in [6, 6.07) is 0. The Labute approximate surface area is 398 Å². The Morgan fingerprint density at radius 3 is 1.45 bits per heavy atom. The zero-order valence-corrected chi connectivity index (χ0v) is 40.8. The third kappa shape index (κ3) is 35.7. The van der Waals surface area contributed by atoms with Gasteiger partial charge in [-0.15, -0.1) is 0 Å². The molecule has 13 heteroatoms. The summed E-state index contributed by atoms with van der Waals surface area (Å²) in [4.78, 5) is 12.9. The maximum Gasteiger partial charge on any atom is 0.397 e. The molecule has 1 saturated heterocycles. The average Bonchev–Trinajstić information content (AvgIpc) is 3.29. The number of ether oxygens (including phenoxy) is 4. The predicted octanol–water partition coefficient (Wildman–Crippen LogP) is 11.0. The van der Waals surface area contributed by atoms with Crippen LogP contribution in [0.2, 0.25) is 0 Å². The molecule has 66 heavy (non-hydrogen) atoms. The Hall–Kier alpha value is -3.50. The molecule has 0 aliphatic carbocycles. The molecule has 1 rings (SSSR count). The smallest absolute Gasteiger partial charge is 0.397 e. The van der Waals surface area contributed by atoms with Crippen molar-refractivity contribution in [3.63, 3.8) is 0 Å². The molecule has 0 aromatic heterocycles. The summed E-state index contributed by atoms with van der Waals surface area (Å²) in [5.41, 5.74) is 0. The number of allylic oxidation sites excluding steroid dienone is 19. The van der Waals surface area contributed by atoms with Gasteiger partial charge >= 0.3 is 16.4 Å². The van der Waals surface area contributed by atoms with Crippen molar-refractivity contribution in [1.29, 1.82) is 0 Å². The lowest BCUT2D eigenvalue weighted by molar-refractivity contribution is -0.301. The van der Waals surface area contributed by atoms with Crippen molar-refractivity contribution in [2.75, 3.05) is 26.4 Å². The summed E-state index contributed by atoms with van der Waals surface area (Å²) in [6.45, 7) is 3.50. The van der Waals surface area contributed by atoms with Gasteiger partial charge < -0.3 is 34.3 Å². The van der Waals surface area contributed by atoms with Gasteiger partial charge in [-0.25, -0.2) is 4.18 Å². The van der Waals surface area contributed by atoms with Crippen LogP contribution < -0.4 is 0 Å².